The van der Waals surface area contributed by atoms with E-state index in [9.17, 15) is 14.4 Å². The highest BCUT2D eigenvalue weighted by atomic mass is 32.1. The van der Waals surface area contributed by atoms with Gasteiger partial charge in [0.1, 0.15) is 6.04 Å². The fourth-order valence-electron chi connectivity index (χ4n) is 2.71. The minimum absolute atomic E-state index is 0.127. The van der Waals surface area contributed by atoms with Crippen molar-refractivity contribution in [2.45, 2.75) is 64.5 Å². The second-order valence-electron chi connectivity index (χ2n) is 7.82. The summed E-state index contributed by atoms with van der Waals surface area (Å²) in [5, 5.41) is 7.34. The predicted molar refractivity (Wildman–Crippen MR) is 120 cm³/mol. The number of thiophene rings is 1. The molecule has 9 heteroatoms. The van der Waals surface area contributed by atoms with Crippen LogP contribution in [0.1, 0.15) is 67.4 Å². The van der Waals surface area contributed by atoms with Gasteiger partial charge in [-0.05, 0) is 57.4 Å². The van der Waals surface area contributed by atoms with Crippen LogP contribution in [0.5, 0.6) is 0 Å². The van der Waals surface area contributed by atoms with Gasteiger partial charge in [0.05, 0.1) is 10.5 Å². The van der Waals surface area contributed by atoms with Gasteiger partial charge in [-0.2, -0.15) is 0 Å². The van der Waals surface area contributed by atoms with Gasteiger partial charge in [-0.3, -0.25) is 14.4 Å². The molecule has 0 aromatic carbocycles. The molecule has 2 heterocycles. The number of hydrogen-bond acceptors (Lipinski definition) is 7. The standard InChI is InChI=1S/C21H29N3O4S2/c1-13(8-6-10-21(3,4)28-5)16-12-22-20(30-16)24-18(26)14(2)23-19(27)17(25)15-9-7-11-29-15/h7,9,11-14H,6,8,10H2,1-5H3,(H,23,27)(H,22,24,26)/t13?,14-/m0/s1. The number of ether oxygens (including phenoxy) is 1. The smallest absolute Gasteiger partial charge is 0.293 e. The fourth-order valence-corrected chi connectivity index (χ4v) is 4.28. The van der Waals surface area contributed by atoms with Gasteiger partial charge < -0.3 is 15.4 Å². The van der Waals surface area contributed by atoms with Crippen LogP contribution >= 0.6 is 22.7 Å². The third kappa shape index (κ3) is 7.00. The zero-order valence-corrected chi connectivity index (χ0v) is 19.6. The second kappa shape index (κ2) is 10.8. The number of carbonyl (C=O) groups is 3. The summed E-state index contributed by atoms with van der Waals surface area (Å²) in [5.74, 6) is -1.54. The Morgan fingerprint density at radius 1 is 1.27 bits per heavy atom. The Bertz CT molecular complexity index is 861. The van der Waals surface area contributed by atoms with Gasteiger partial charge in [-0.1, -0.05) is 13.0 Å². The number of ketones is 1. The Labute approximate surface area is 185 Å². The van der Waals surface area contributed by atoms with Crippen LogP contribution in [0.4, 0.5) is 5.13 Å². The first kappa shape index (κ1) is 24.2. The zero-order chi connectivity index (χ0) is 22.3. The molecule has 0 fully saturated rings. The van der Waals surface area contributed by atoms with Crippen molar-refractivity contribution in [1.29, 1.82) is 0 Å². The maximum Gasteiger partial charge on any atom is 0.293 e. The molecule has 0 aliphatic carbocycles. The highest BCUT2D eigenvalue weighted by molar-refractivity contribution is 7.15. The van der Waals surface area contributed by atoms with E-state index in [0.717, 1.165) is 24.1 Å². The van der Waals surface area contributed by atoms with E-state index in [-0.39, 0.29) is 5.60 Å². The highest BCUT2D eigenvalue weighted by Gasteiger charge is 2.23. The molecule has 2 rings (SSSR count). The molecule has 2 aromatic rings. The van der Waals surface area contributed by atoms with Gasteiger partial charge in [0.2, 0.25) is 5.91 Å². The molecule has 0 saturated heterocycles. The third-order valence-electron chi connectivity index (χ3n) is 4.90. The molecule has 30 heavy (non-hydrogen) atoms. The number of rotatable bonds is 11. The molecule has 0 aliphatic heterocycles. The lowest BCUT2D eigenvalue weighted by atomic mass is 9.96. The fraction of sp³-hybridized carbons (Fsp3) is 0.524. The first-order chi connectivity index (χ1) is 14.1. The molecule has 164 valence electrons. The molecule has 2 aromatic heterocycles. The predicted octanol–water partition coefficient (Wildman–Crippen LogP) is 4.23. The van der Waals surface area contributed by atoms with Crippen molar-refractivity contribution in [2.75, 3.05) is 12.4 Å². The monoisotopic (exact) mass is 451 g/mol. The van der Waals surface area contributed by atoms with E-state index in [1.54, 1.807) is 30.8 Å². The number of anilines is 1. The lowest BCUT2D eigenvalue weighted by Gasteiger charge is -2.23. The Balaban J connectivity index is 1.83. The number of hydrogen-bond donors (Lipinski definition) is 2. The van der Waals surface area contributed by atoms with Crippen LogP contribution in [-0.2, 0) is 14.3 Å². The van der Waals surface area contributed by atoms with E-state index in [4.69, 9.17) is 4.74 Å². The molecule has 2 N–H and O–H groups in total. The molecule has 1 unspecified atom stereocenters. The molecule has 2 amide bonds. The van der Waals surface area contributed by atoms with Gasteiger partial charge >= 0.3 is 0 Å². The maximum atomic E-state index is 12.4. The summed E-state index contributed by atoms with van der Waals surface area (Å²) in [5.41, 5.74) is -0.127. The van der Waals surface area contributed by atoms with Crippen molar-refractivity contribution >= 4 is 45.4 Å². The van der Waals surface area contributed by atoms with Crippen molar-refractivity contribution in [3.05, 3.63) is 33.5 Å². The molecule has 0 aliphatic rings. The van der Waals surface area contributed by atoms with E-state index < -0.39 is 23.6 Å². The SMILES string of the molecule is COC(C)(C)CCCC(C)c1cnc(NC(=O)[C@H](C)NC(=O)C(=O)c2cccs2)s1. The third-order valence-corrected chi connectivity index (χ3v) is 6.91. The lowest BCUT2D eigenvalue weighted by molar-refractivity contribution is -0.123. The van der Waals surface area contributed by atoms with Crippen LogP contribution < -0.4 is 10.6 Å². The van der Waals surface area contributed by atoms with E-state index in [2.05, 4.69) is 36.4 Å². The molecular weight excluding hydrogens is 422 g/mol. The number of Topliss-reactive ketones (excluding diaryl/α,β-unsaturated/α-hetero) is 1. The van der Waals surface area contributed by atoms with E-state index >= 15 is 0 Å². The molecule has 2 atom stereocenters. The van der Waals surface area contributed by atoms with Gasteiger partial charge in [-0.25, -0.2) is 4.98 Å². The van der Waals surface area contributed by atoms with Gasteiger partial charge in [0.15, 0.2) is 5.13 Å². The first-order valence-corrected chi connectivity index (χ1v) is 11.5. The molecular formula is C21H29N3O4S2. The largest absolute Gasteiger partial charge is 0.379 e. The minimum atomic E-state index is -0.859. The minimum Gasteiger partial charge on any atom is -0.379 e. The van der Waals surface area contributed by atoms with Crippen molar-refractivity contribution in [3.63, 3.8) is 0 Å². The Kier molecular flexibility index (Phi) is 8.69. The van der Waals surface area contributed by atoms with Crippen molar-refractivity contribution in [1.82, 2.24) is 10.3 Å². The Hall–Kier alpha value is -2.10. The Morgan fingerprint density at radius 3 is 2.63 bits per heavy atom. The average molecular weight is 452 g/mol. The van der Waals surface area contributed by atoms with Gasteiger partial charge in [-0.15, -0.1) is 22.7 Å². The number of nitrogens with one attached hydrogen (secondary N) is 2. The quantitative estimate of drug-likeness (QED) is 0.394. The van der Waals surface area contributed by atoms with E-state index in [1.807, 2.05) is 0 Å². The summed E-state index contributed by atoms with van der Waals surface area (Å²) < 4.78 is 5.45. The van der Waals surface area contributed by atoms with Crippen LogP contribution in [0.25, 0.3) is 0 Å². The summed E-state index contributed by atoms with van der Waals surface area (Å²) in [6.45, 7) is 7.82. The first-order valence-electron chi connectivity index (χ1n) is 9.83. The van der Waals surface area contributed by atoms with E-state index in [0.29, 0.717) is 15.9 Å². The second-order valence-corrected chi connectivity index (χ2v) is 9.83. The molecule has 0 spiro atoms. The van der Waals surface area contributed by atoms with Crippen LogP contribution in [0.3, 0.4) is 0 Å². The van der Waals surface area contributed by atoms with Gasteiger partial charge in [0, 0.05) is 18.2 Å². The summed E-state index contributed by atoms with van der Waals surface area (Å²) >= 11 is 2.61. The maximum absolute atomic E-state index is 12.4. The number of thiazole rings is 1. The summed E-state index contributed by atoms with van der Waals surface area (Å²) in [7, 11) is 1.73. The normalized spacial score (nSPS) is 13.5. The molecule has 7 nitrogen and oxygen atoms in total. The zero-order valence-electron chi connectivity index (χ0n) is 18.0. The van der Waals surface area contributed by atoms with Crippen molar-refractivity contribution in [2.24, 2.45) is 0 Å². The summed E-state index contributed by atoms with van der Waals surface area (Å²) in [6, 6.07) is 2.41. The topological polar surface area (TPSA) is 97.4 Å². The average Bonchev–Trinajstić information content (AvgIpc) is 3.39. The highest BCUT2D eigenvalue weighted by Crippen LogP contribution is 2.30. The van der Waals surface area contributed by atoms with Crippen LogP contribution in [0, 0.1) is 0 Å². The molecule has 0 bridgehead atoms. The lowest BCUT2D eigenvalue weighted by Crippen LogP contribution is -2.44. The van der Waals surface area contributed by atoms with Crippen LogP contribution in [0.15, 0.2) is 23.7 Å². The molecule has 0 radical (unpaired) electrons. The number of carbonyl (C=O) groups excluding carboxylic acids is 3. The summed E-state index contributed by atoms with van der Waals surface area (Å²) in [6.07, 6.45) is 4.77. The summed E-state index contributed by atoms with van der Waals surface area (Å²) in [4.78, 5) is 42.1. The molecule has 0 saturated carbocycles. The van der Waals surface area contributed by atoms with E-state index in [1.165, 1.54) is 29.6 Å². The van der Waals surface area contributed by atoms with Gasteiger partial charge in [0.25, 0.3) is 11.7 Å². The number of methoxy groups -OCH3 is 1. The Morgan fingerprint density at radius 2 is 2.00 bits per heavy atom. The number of aromatic nitrogens is 1. The van der Waals surface area contributed by atoms with Crippen molar-refractivity contribution in [3.8, 4) is 0 Å². The number of nitrogens with zero attached hydrogens (tertiary/aromatic N) is 1. The van der Waals surface area contributed by atoms with Crippen LogP contribution in [0.2, 0.25) is 0 Å². The number of amides is 2. The van der Waals surface area contributed by atoms with Crippen molar-refractivity contribution < 1.29 is 19.1 Å². The van der Waals surface area contributed by atoms with Crippen LogP contribution in [-0.4, -0.2) is 41.3 Å².